The number of carbonyl (C=O) groups excluding carboxylic acids is 1. The number of para-hydroxylation sites is 1. The number of hydrogen-bond acceptors (Lipinski definition) is 5. The van der Waals surface area contributed by atoms with Crippen LogP contribution in [0.25, 0.3) is 0 Å². The molecule has 0 spiro atoms. The number of amides is 1. The zero-order valence-electron chi connectivity index (χ0n) is 11.3. The molecule has 0 aliphatic rings. The lowest BCUT2D eigenvalue weighted by Crippen LogP contribution is -2.15. The van der Waals surface area contributed by atoms with Crippen LogP contribution in [0.3, 0.4) is 0 Å². The van der Waals surface area contributed by atoms with Crippen molar-refractivity contribution >= 4 is 45.5 Å². The fourth-order valence-electron chi connectivity index (χ4n) is 1.56. The molecule has 8 heteroatoms. The number of nitrogens with zero attached hydrogens (tertiary/aromatic N) is 3. The number of halogens is 1. The SMILES string of the molecule is CCc1nnc(NC(=O)c2ccccc2N=C(N)CCl)s1. The molecule has 2 rings (SSSR count). The van der Waals surface area contributed by atoms with Gasteiger partial charge in [-0.05, 0) is 18.6 Å². The number of benzene rings is 1. The molecule has 0 bridgehead atoms. The molecular weight excluding hydrogens is 310 g/mol. The summed E-state index contributed by atoms with van der Waals surface area (Å²) < 4.78 is 0. The van der Waals surface area contributed by atoms with Crippen LogP contribution in [0.5, 0.6) is 0 Å². The molecule has 1 amide bonds. The summed E-state index contributed by atoms with van der Waals surface area (Å²) in [6.45, 7) is 1.98. The van der Waals surface area contributed by atoms with Crippen molar-refractivity contribution in [2.75, 3.05) is 11.2 Å². The maximum atomic E-state index is 12.3. The molecule has 2 aromatic rings. The van der Waals surface area contributed by atoms with E-state index in [9.17, 15) is 4.79 Å². The van der Waals surface area contributed by atoms with Crippen LogP contribution in [-0.2, 0) is 6.42 Å². The Balaban J connectivity index is 2.23. The number of alkyl halides is 1. The van der Waals surface area contributed by atoms with E-state index in [0.29, 0.717) is 16.4 Å². The van der Waals surface area contributed by atoms with Gasteiger partial charge in [0.05, 0.1) is 17.1 Å². The highest BCUT2D eigenvalue weighted by Crippen LogP contribution is 2.22. The second-order valence-corrected chi connectivity index (χ2v) is 5.39. The third-order valence-electron chi connectivity index (χ3n) is 2.54. The Morgan fingerprint density at radius 2 is 2.19 bits per heavy atom. The van der Waals surface area contributed by atoms with Crippen LogP contribution < -0.4 is 11.1 Å². The zero-order valence-corrected chi connectivity index (χ0v) is 12.9. The minimum atomic E-state index is -0.310. The van der Waals surface area contributed by atoms with Crippen molar-refractivity contribution in [3.05, 3.63) is 34.8 Å². The highest BCUT2D eigenvalue weighted by atomic mass is 35.5. The molecule has 6 nitrogen and oxygen atoms in total. The molecule has 110 valence electrons. The van der Waals surface area contributed by atoms with Gasteiger partial charge in [0.2, 0.25) is 5.13 Å². The van der Waals surface area contributed by atoms with Crippen molar-refractivity contribution in [2.24, 2.45) is 10.7 Å². The van der Waals surface area contributed by atoms with Crippen molar-refractivity contribution in [1.82, 2.24) is 10.2 Å². The van der Waals surface area contributed by atoms with Gasteiger partial charge in [0.15, 0.2) is 0 Å². The molecule has 1 heterocycles. The third-order valence-corrected chi connectivity index (χ3v) is 3.80. The van der Waals surface area contributed by atoms with Crippen LogP contribution in [-0.4, -0.2) is 27.8 Å². The molecule has 0 aliphatic heterocycles. The number of nitrogens with two attached hydrogens (primary N) is 1. The fourth-order valence-corrected chi connectivity index (χ4v) is 2.29. The summed E-state index contributed by atoms with van der Waals surface area (Å²) >= 11 is 6.95. The summed E-state index contributed by atoms with van der Waals surface area (Å²) in [4.78, 5) is 16.4. The van der Waals surface area contributed by atoms with Gasteiger partial charge >= 0.3 is 0 Å². The average Bonchev–Trinajstić information content (AvgIpc) is 2.95. The summed E-state index contributed by atoms with van der Waals surface area (Å²) in [5.41, 5.74) is 6.48. The first-order valence-electron chi connectivity index (χ1n) is 6.25. The molecule has 0 saturated carbocycles. The number of carbonyl (C=O) groups is 1. The summed E-state index contributed by atoms with van der Waals surface area (Å²) in [7, 11) is 0. The molecule has 1 aromatic carbocycles. The lowest BCUT2D eigenvalue weighted by atomic mass is 10.1. The van der Waals surface area contributed by atoms with Crippen LogP contribution in [0.1, 0.15) is 22.3 Å². The van der Waals surface area contributed by atoms with E-state index in [1.54, 1.807) is 24.3 Å². The summed E-state index contributed by atoms with van der Waals surface area (Å²) in [5.74, 6) is 0.0447. The quantitative estimate of drug-likeness (QED) is 0.502. The largest absolute Gasteiger partial charge is 0.386 e. The van der Waals surface area contributed by atoms with Gasteiger partial charge in [-0.3, -0.25) is 10.1 Å². The number of hydrogen-bond donors (Lipinski definition) is 2. The standard InChI is InChI=1S/C13H14ClN5OS/c1-2-11-18-19-13(21-11)17-12(20)8-5-3-4-6-9(8)16-10(15)7-14/h3-6H,2,7H2,1H3,(H2,15,16)(H,17,19,20). The molecule has 3 N–H and O–H groups in total. The van der Waals surface area contributed by atoms with Crippen LogP contribution >= 0.6 is 22.9 Å². The topological polar surface area (TPSA) is 93.3 Å². The Morgan fingerprint density at radius 1 is 1.43 bits per heavy atom. The summed E-state index contributed by atoms with van der Waals surface area (Å²) in [6.07, 6.45) is 0.778. The minimum absolute atomic E-state index is 0.103. The number of aryl methyl sites for hydroxylation is 1. The highest BCUT2D eigenvalue weighted by molar-refractivity contribution is 7.15. The highest BCUT2D eigenvalue weighted by Gasteiger charge is 2.13. The van der Waals surface area contributed by atoms with Gasteiger partial charge in [-0.25, -0.2) is 4.99 Å². The van der Waals surface area contributed by atoms with E-state index in [2.05, 4.69) is 20.5 Å². The lowest BCUT2D eigenvalue weighted by molar-refractivity contribution is 0.102. The number of anilines is 1. The summed E-state index contributed by atoms with van der Waals surface area (Å²) in [5, 5.41) is 11.9. The molecule has 21 heavy (non-hydrogen) atoms. The number of aromatic nitrogens is 2. The van der Waals surface area contributed by atoms with Gasteiger partial charge in [0, 0.05) is 0 Å². The minimum Gasteiger partial charge on any atom is -0.386 e. The molecular formula is C13H14ClN5OS. The van der Waals surface area contributed by atoms with E-state index in [4.69, 9.17) is 17.3 Å². The number of amidine groups is 1. The van der Waals surface area contributed by atoms with Crippen molar-refractivity contribution in [1.29, 1.82) is 0 Å². The first-order valence-corrected chi connectivity index (χ1v) is 7.61. The zero-order chi connectivity index (χ0) is 15.2. The first-order chi connectivity index (χ1) is 10.1. The van der Waals surface area contributed by atoms with Gasteiger partial charge in [0.1, 0.15) is 10.8 Å². The van der Waals surface area contributed by atoms with Crippen LogP contribution in [0.4, 0.5) is 10.8 Å². The fraction of sp³-hybridized carbons (Fsp3) is 0.231. The maximum absolute atomic E-state index is 12.3. The summed E-state index contributed by atoms with van der Waals surface area (Å²) in [6, 6.07) is 6.89. The first kappa shape index (κ1) is 15.4. The van der Waals surface area contributed by atoms with E-state index < -0.39 is 0 Å². The number of rotatable bonds is 5. The maximum Gasteiger partial charge on any atom is 0.259 e. The molecule has 0 aliphatic carbocycles. The smallest absolute Gasteiger partial charge is 0.259 e. The second-order valence-electron chi connectivity index (χ2n) is 4.06. The third kappa shape index (κ3) is 3.99. The molecule has 0 radical (unpaired) electrons. The molecule has 1 aromatic heterocycles. The molecule has 0 saturated heterocycles. The Hall–Kier alpha value is -1.99. The Bertz CT molecular complexity index is 670. The monoisotopic (exact) mass is 323 g/mol. The van der Waals surface area contributed by atoms with Crippen LogP contribution in [0.15, 0.2) is 29.3 Å². The van der Waals surface area contributed by atoms with E-state index in [-0.39, 0.29) is 17.6 Å². The van der Waals surface area contributed by atoms with Crippen molar-refractivity contribution in [3.63, 3.8) is 0 Å². The van der Waals surface area contributed by atoms with Gasteiger partial charge in [-0.15, -0.1) is 21.8 Å². The van der Waals surface area contributed by atoms with Crippen LogP contribution in [0.2, 0.25) is 0 Å². The van der Waals surface area contributed by atoms with Gasteiger partial charge < -0.3 is 5.73 Å². The van der Waals surface area contributed by atoms with E-state index >= 15 is 0 Å². The Morgan fingerprint density at radius 3 is 2.86 bits per heavy atom. The predicted molar refractivity (Wildman–Crippen MR) is 85.7 cm³/mol. The van der Waals surface area contributed by atoms with Crippen molar-refractivity contribution < 1.29 is 4.79 Å². The number of aliphatic imine (C=N–C) groups is 1. The van der Waals surface area contributed by atoms with E-state index in [1.807, 2.05) is 6.92 Å². The number of nitrogens with one attached hydrogen (secondary N) is 1. The molecule has 0 fully saturated rings. The van der Waals surface area contributed by atoms with Gasteiger partial charge in [-0.1, -0.05) is 30.4 Å². The second kappa shape index (κ2) is 7.14. The Labute approximate surface area is 131 Å². The predicted octanol–water partition coefficient (Wildman–Crippen LogP) is 2.58. The van der Waals surface area contributed by atoms with Crippen molar-refractivity contribution in [2.45, 2.75) is 13.3 Å². The Kier molecular flexibility index (Phi) is 5.24. The van der Waals surface area contributed by atoms with E-state index in [0.717, 1.165) is 11.4 Å². The van der Waals surface area contributed by atoms with E-state index in [1.165, 1.54) is 11.3 Å². The normalized spacial score (nSPS) is 11.4. The molecule has 0 atom stereocenters. The van der Waals surface area contributed by atoms with Crippen LogP contribution in [0, 0.1) is 0 Å². The van der Waals surface area contributed by atoms with Gasteiger partial charge in [0.25, 0.3) is 5.91 Å². The average molecular weight is 324 g/mol. The lowest BCUT2D eigenvalue weighted by Gasteiger charge is -2.05. The van der Waals surface area contributed by atoms with Gasteiger partial charge in [-0.2, -0.15) is 0 Å². The molecule has 0 unspecified atom stereocenters. The van der Waals surface area contributed by atoms with Crippen molar-refractivity contribution in [3.8, 4) is 0 Å².